The van der Waals surface area contributed by atoms with Crippen LogP contribution in [0.5, 0.6) is 0 Å². The third-order valence-corrected chi connectivity index (χ3v) is 3.60. The number of benzene rings is 1. The number of carbonyl (C=O) groups is 1. The van der Waals surface area contributed by atoms with Gasteiger partial charge in [-0.05, 0) is 34.8 Å². The van der Waals surface area contributed by atoms with E-state index in [4.69, 9.17) is 5.73 Å². The van der Waals surface area contributed by atoms with Crippen molar-refractivity contribution in [3.05, 3.63) is 35.5 Å². The zero-order chi connectivity index (χ0) is 14.7. The van der Waals surface area contributed by atoms with Crippen molar-refractivity contribution in [3.8, 4) is 0 Å². The smallest absolute Gasteiger partial charge is 0.277 e. The Kier molecular flexibility index (Phi) is 3.72. The molecule has 3 rings (SSSR count). The predicted molar refractivity (Wildman–Crippen MR) is 78.0 cm³/mol. The van der Waals surface area contributed by atoms with Crippen molar-refractivity contribution in [2.24, 2.45) is 0 Å². The molecule has 1 aliphatic heterocycles. The van der Waals surface area contributed by atoms with Crippen LogP contribution in [0.25, 0.3) is 0 Å². The Morgan fingerprint density at radius 2 is 2.24 bits per heavy atom. The maximum absolute atomic E-state index is 11.8. The highest BCUT2D eigenvalue weighted by molar-refractivity contribution is 5.95. The van der Waals surface area contributed by atoms with Crippen LogP contribution in [0, 0.1) is 0 Å². The number of hydrogen-bond donors (Lipinski definition) is 2. The lowest BCUT2D eigenvalue weighted by atomic mass is 10.2. The molecule has 1 aromatic carbocycles. The second kappa shape index (κ2) is 5.82. The van der Waals surface area contributed by atoms with Gasteiger partial charge in [0.05, 0.1) is 0 Å². The number of amides is 1. The normalized spacial score (nSPS) is 13.2. The molecular formula is C14H17N5O2. The zero-order valence-corrected chi connectivity index (χ0v) is 11.6. The fraction of sp³-hybridized carbons (Fsp3) is 0.357. The van der Waals surface area contributed by atoms with E-state index in [-0.39, 0.29) is 17.4 Å². The first-order valence-electron chi connectivity index (χ1n) is 6.95. The van der Waals surface area contributed by atoms with Gasteiger partial charge in [-0.2, -0.15) is 0 Å². The summed E-state index contributed by atoms with van der Waals surface area (Å²) < 4.78 is 4.40. The van der Waals surface area contributed by atoms with Crippen molar-refractivity contribution in [3.63, 3.8) is 0 Å². The molecule has 21 heavy (non-hydrogen) atoms. The summed E-state index contributed by atoms with van der Waals surface area (Å²) in [5, 5.41) is 9.61. The molecule has 0 atom stereocenters. The van der Waals surface area contributed by atoms with Crippen molar-refractivity contribution < 1.29 is 9.42 Å². The average Bonchev–Trinajstić information content (AvgIpc) is 3.10. The molecule has 0 aliphatic carbocycles. The lowest BCUT2D eigenvalue weighted by molar-refractivity contribution is 0.0944. The minimum atomic E-state index is -0.351. The summed E-state index contributed by atoms with van der Waals surface area (Å²) in [6, 6.07) is 8.43. The Labute approximate surface area is 122 Å². The summed E-state index contributed by atoms with van der Waals surface area (Å²) in [7, 11) is 0. The maximum atomic E-state index is 11.8. The number of nitrogens with two attached hydrogens (primary N) is 1. The zero-order valence-electron chi connectivity index (χ0n) is 11.6. The molecule has 110 valence electrons. The Hall–Kier alpha value is -2.57. The number of hydrogen-bond acceptors (Lipinski definition) is 6. The van der Waals surface area contributed by atoms with Gasteiger partial charge in [-0.25, -0.2) is 4.63 Å². The third kappa shape index (κ3) is 2.81. The lowest BCUT2D eigenvalue weighted by Crippen LogP contribution is -2.29. The average molecular weight is 287 g/mol. The monoisotopic (exact) mass is 287 g/mol. The van der Waals surface area contributed by atoms with E-state index in [9.17, 15) is 4.79 Å². The summed E-state index contributed by atoms with van der Waals surface area (Å²) in [6.45, 7) is 2.50. The van der Waals surface area contributed by atoms with Crippen LogP contribution >= 0.6 is 0 Å². The van der Waals surface area contributed by atoms with E-state index in [1.165, 1.54) is 11.3 Å². The molecule has 3 N–H and O–H groups in total. The molecule has 2 aromatic rings. The molecule has 0 unspecified atom stereocenters. The van der Waals surface area contributed by atoms with Crippen molar-refractivity contribution in [2.45, 2.75) is 12.8 Å². The first kappa shape index (κ1) is 13.4. The fourth-order valence-electron chi connectivity index (χ4n) is 2.55. The molecule has 0 radical (unpaired) electrons. The standard InChI is InChI=1S/C14H17N5O2/c15-13-12(17-21-18-13)14(20)16-7-3-8-19-9-6-10-4-1-2-5-11(10)19/h1-2,4-5H,3,6-9H2,(H2,15,18)(H,16,20). The van der Waals surface area contributed by atoms with Crippen molar-refractivity contribution in [1.29, 1.82) is 0 Å². The fourth-order valence-corrected chi connectivity index (χ4v) is 2.55. The van der Waals surface area contributed by atoms with Gasteiger partial charge in [0, 0.05) is 25.3 Å². The molecule has 0 bridgehead atoms. The Morgan fingerprint density at radius 3 is 3.05 bits per heavy atom. The molecule has 0 spiro atoms. The van der Waals surface area contributed by atoms with Crippen molar-refractivity contribution in [2.75, 3.05) is 30.3 Å². The Bertz CT molecular complexity index is 640. The summed E-state index contributed by atoms with van der Waals surface area (Å²) in [6.07, 6.45) is 1.94. The first-order chi connectivity index (χ1) is 10.3. The van der Waals surface area contributed by atoms with Gasteiger partial charge in [0.25, 0.3) is 5.91 Å². The molecule has 0 saturated carbocycles. The number of nitrogen functional groups attached to an aromatic ring is 1. The highest BCUT2D eigenvalue weighted by Crippen LogP contribution is 2.27. The van der Waals surface area contributed by atoms with Crippen LogP contribution in [0.2, 0.25) is 0 Å². The van der Waals surface area contributed by atoms with E-state index >= 15 is 0 Å². The number of aromatic nitrogens is 2. The van der Waals surface area contributed by atoms with Gasteiger partial charge in [0.1, 0.15) is 0 Å². The van der Waals surface area contributed by atoms with Gasteiger partial charge in [0.15, 0.2) is 0 Å². The van der Waals surface area contributed by atoms with Gasteiger partial charge < -0.3 is 16.0 Å². The van der Waals surface area contributed by atoms with Crippen LogP contribution in [0.1, 0.15) is 22.5 Å². The molecule has 1 aliphatic rings. The number of nitrogens with one attached hydrogen (secondary N) is 1. The second-order valence-corrected chi connectivity index (χ2v) is 4.97. The van der Waals surface area contributed by atoms with Crippen LogP contribution in [0.3, 0.4) is 0 Å². The Morgan fingerprint density at radius 1 is 1.38 bits per heavy atom. The second-order valence-electron chi connectivity index (χ2n) is 4.97. The Balaban J connectivity index is 1.45. The third-order valence-electron chi connectivity index (χ3n) is 3.60. The minimum Gasteiger partial charge on any atom is -0.379 e. The first-order valence-corrected chi connectivity index (χ1v) is 6.95. The quantitative estimate of drug-likeness (QED) is 0.791. The largest absolute Gasteiger partial charge is 0.379 e. The van der Waals surface area contributed by atoms with Gasteiger partial charge >= 0.3 is 0 Å². The summed E-state index contributed by atoms with van der Waals surface area (Å²) in [5.74, 6) is -0.337. The molecule has 1 aromatic heterocycles. The van der Waals surface area contributed by atoms with E-state index in [0.29, 0.717) is 6.54 Å². The molecule has 7 heteroatoms. The minimum absolute atomic E-state index is 0.0148. The summed E-state index contributed by atoms with van der Waals surface area (Å²) in [4.78, 5) is 14.1. The molecular weight excluding hydrogens is 270 g/mol. The van der Waals surface area contributed by atoms with Crippen LogP contribution in [0.15, 0.2) is 28.9 Å². The van der Waals surface area contributed by atoms with Crippen LogP contribution < -0.4 is 16.0 Å². The lowest BCUT2D eigenvalue weighted by Gasteiger charge is -2.19. The highest BCUT2D eigenvalue weighted by atomic mass is 16.6. The van der Waals surface area contributed by atoms with Crippen LogP contribution in [-0.2, 0) is 6.42 Å². The van der Waals surface area contributed by atoms with Crippen molar-refractivity contribution in [1.82, 2.24) is 15.6 Å². The molecule has 0 saturated heterocycles. The number of fused-ring (bicyclic) bond motifs is 1. The summed E-state index contributed by atoms with van der Waals surface area (Å²) in [5.41, 5.74) is 8.20. The number of para-hydroxylation sites is 1. The van der Waals surface area contributed by atoms with Crippen molar-refractivity contribution >= 4 is 17.4 Å². The number of carbonyl (C=O) groups excluding carboxylic acids is 1. The van der Waals surface area contributed by atoms with Gasteiger partial charge in [-0.1, -0.05) is 18.2 Å². The van der Waals surface area contributed by atoms with E-state index in [2.05, 4.69) is 49.4 Å². The summed E-state index contributed by atoms with van der Waals surface area (Å²) >= 11 is 0. The predicted octanol–water partition coefficient (Wildman–Crippen LogP) is 0.834. The van der Waals surface area contributed by atoms with Gasteiger partial charge in [-0.15, -0.1) is 0 Å². The van der Waals surface area contributed by atoms with Crippen LogP contribution in [0.4, 0.5) is 11.5 Å². The van der Waals surface area contributed by atoms with E-state index in [1.54, 1.807) is 0 Å². The maximum Gasteiger partial charge on any atom is 0.277 e. The molecule has 2 heterocycles. The SMILES string of the molecule is Nc1nonc1C(=O)NCCCN1CCc2ccccc21. The molecule has 0 fully saturated rings. The topological polar surface area (TPSA) is 97.3 Å². The molecule has 1 amide bonds. The van der Waals surface area contributed by atoms with E-state index in [1.807, 2.05) is 0 Å². The molecule has 7 nitrogen and oxygen atoms in total. The number of rotatable bonds is 5. The highest BCUT2D eigenvalue weighted by Gasteiger charge is 2.18. The van der Waals surface area contributed by atoms with Gasteiger partial charge in [-0.3, -0.25) is 4.79 Å². The van der Waals surface area contributed by atoms with Crippen LogP contribution in [-0.4, -0.2) is 35.9 Å². The number of anilines is 2. The van der Waals surface area contributed by atoms with Gasteiger partial charge in [0.2, 0.25) is 11.5 Å². The van der Waals surface area contributed by atoms with E-state index < -0.39 is 0 Å². The number of nitrogens with zero attached hydrogens (tertiary/aromatic N) is 3. The van der Waals surface area contributed by atoms with E-state index in [0.717, 1.165) is 25.9 Å².